The minimum atomic E-state index is -0.315. The largest absolute Gasteiger partial charge is 0.489 e. The lowest BCUT2D eigenvalue weighted by atomic mass is 10.2. The van der Waals surface area contributed by atoms with Crippen LogP contribution in [0.5, 0.6) is 5.75 Å². The Bertz CT molecular complexity index is 695. The quantitative estimate of drug-likeness (QED) is 0.346. The Morgan fingerprint density at radius 1 is 1.35 bits per heavy atom. The molecule has 0 spiro atoms. The monoisotopic (exact) mass is 477 g/mol. The molecule has 7 nitrogen and oxygen atoms in total. The van der Waals surface area contributed by atoms with Crippen LogP contribution in [-0.2, 0) is 6.54 Å². The van der Waals surface area contributed by atoms with Gasteiger partial charge in [-0.3, -0.25) is 0 Å². The highest BCUT2D eigenvalue weighted by molar-refractivity contribution is 14.0. The molecule has 0 amide bonds. The molecule has 1 aromatic heterocycles. The molecule has 0 saturated carbocycles. The van der Waals surface area contributed by atoms with Crippen LogP contribution in [-0.4, -0.2) is 35.3 Å². The maximum Gasteiger partial charge on any atom is 0.248 e. The highest BCUT2D eigenvalue weighted by atomic mass is 127. The molecule has 0 fully saturated rings. The van der Waals surface area contributed by atoms with E-state index in [0.717, 1.165) is 13.0 Å². The molecule has 0 aliphatic heterocycles. The minimum Gasteiger partial charge on any atom is -0.489 e. The first-order chi connectivity index (χ1) is 12.1. The van der Waals surface area contributed by atoms with Gasteiger partial charge in [-0.25, -0.2) is 9.38 Å². The number of hydrogen-bond donors (Lipinski definition) is 2. The summed E-state index contributed by atoms with van der Waals surface area (Å²) in [4.78, 5) is 8.52. The lowest BCUT2D eigenvalue weighted by Crippen LogP contribution is -2.42. The number of halogens is 2. The van der Waals surface area contributed by atoms with E-state index in [9.17, 15) is 4.39 Å². The Kier molecular flexibility index (Phi) is 9.92. The standard InChI is InChI=1S/C17H24FN5O2.HI/c1-4-14(24-15-8-6-7-13(18)9-15)10-20-17(19-5-2)21-11-16-22-12(3)23-25-16;/h6-9,14H,4-5,10-11H2,1-3H3,(H2,19,20,21);1H. The van der Waals surface area contributed by atoms with Crippen molar-refractivity contribution in [3.8, 4) is 5.75 Å². The number of guanidine groups is 1. The first-order valence-electron chi connectivity index (χ1n) is 8.34. The number of benzene rings is 1. The average molecular weight is 477 g/mol. The van der Waals surface area contributed by atoms with Gasteiger partial charge in [0.15, 0.2) is 11.8 Å². The van der Waals surface area contributed by atoms with Gasteiger partial charge in [0.25, 0.3) is 0 Å². The van der Waals surface area contributed by atoms with Crippen LogP contribution in [0, 0.1) is 12.7 Å². The summed E-state index contributed by atoms with van der Waals surface area (Å²) in [6.45, 7) is 7.29. The van der Waals surface area contributed by atoms with Gasteiger partial charge in [0.05, 0.1) is 6.54 Å². The van der Waals surface area contributed by atoms with E-state index in [-0.39, 0.29) is 42.4 Å². The molecule has 1 aromatic carbocycles. The molecular formula is C17H25FIN5O2. The number of nitrogens with zero attached hydrogens (tertiary/aromatic N) is 3. The summed E-state index contributed by atoms with van der Waals surface area (Å²) in [6, 6.07) is 6.13. The number of aliphatic imine (C=N–C) groups is 1. The Hall–Kier alpha value is -1.91. The molecule has 2 N–H and O–H groups in total. The lowest BCUT2D eigenvalue weighted by Gasteiger charge is -2.19. The number of aromatic nitrogens is 2. The van der Waals surface area contributed by atoms with Crippen molar-refractivity contribution in [1.82, 2.24) is 20.8 Å². The van der Waals surface area contributed by atoms with Crippen LogP contribution in [0.1, 0.15) is 32.0 Å². The van der Waals surface area contributed by atoms with Crippen molar-refractivity contribution < 1.29 is 13.7 Å². The fourth-order valence-electron chi connectivity index (χ4n) is 2.11. The van der Waals surface area contributed by atoms with Crippen LogP contribution in [0.2, 0.25) is 0 Å². The third-order valence-corrected chi connectivity index (χ3v) is 3.34. The number of nitrogens with one attached hydrogen (secondary N) is 2. The minimum absolute atomic E-state index is 0. The maximum atomic E-state index is 13.3. The van der Waals surface area contributed by atoms with E-state index in [1.54, 1.807) is 19.1 Å². The molecule has 2 aromatic rings. The van der Waals surface area contributed by atoms with Crippen LogP contribution < -0.4 is 15.4 Å². The highest BCUT2D eigenvalue weighted by Crippen LogP contribution is 2.14. The Morgan fingerprint density at radius 3 is 2.77 bits per heavy atom. The summed E-state index contributed by atoms with van der Waals surface area (Å²) in [7, 11) is 0. The fraction of sp³-hybridized carbons (Fsp3) is 0.471. The van der Waals surface area contributed by atoms with Gasteiger partial charge in [-0.05, 0) is 32.4 Å². The van der Waals surface area contributed by atoms with E-state index in [1.165, 1.54) is 12.1 Å². The van der Waals surface area contributed by atoms with Crippen molar-refractivity contribution in [3.05, 3.63) is 41.8 Å². The summed E-state index contributed by atoms with van der Waals surface area (Å²) in [5, 5.41) is 10.1. The second-order valence-corrected chi connectivity index (χ2v) is 5.42. The van der Waals surface area contributed by atoms with E-state index >= 15 is 0 Å². The van der Waals surface area contributed by atoms with Crippen LogP contribution in [0.3, 0.4) is 0 Å². The lowest BCUT2D eigenvalue weighted by molar-refractivity contribution is 0.198. The topological polar surface area (TPSA) is 84.6 Å². The number of ether oxygens (including phenoxy) is 1. The van der Waals surface area contributed by atoms with Gasteiger partial charge < -0.3 is 19.9 Å². The van der Waals surface area contributed by atoms with Crippen molar-refractivity contribution in [3.63, 3.8) is 0 Å². The van der Waals surface area contributed by atoms with Gasteiger partial charge in [-0.1, -0.05) is 18.1 Å². The Morgan fingerprint density at radius 2 is 2.15 bits per heavy atom. The van der Waals surface area contributed by atoms with Crippen LogP contribution in [0.25, 0.3) is 0 Å². The zero-order valence-corrected chi connectivity index (χ0v) is 17.5. The van der Waals surface area contributed by atoms with E-state index in [2.05, 4.69) is 25.8 Å². The number of rotatable bonds is 8. The van der Waals surface area contributed by atoms with Gasteiger partial charge in [0, 0.05) is 12.6 Å². The van der Waals surface area contributed by atoms with E-state index in [4.69, 9.17) is 9.26 Å². The molecule has 2 rings (SSSR count). The molecule has 0 saturated heterocycles. The van der Waals surface area contributed by atoms with E-state index in [1.807, 2.05) is 13.8 Å². The molecule has 0 aliphatic rings. The molecule has 144 valence electrons. The normalized spacial score (nSPS) is 12.2. The zero-order chi connectivity index (χ0) is 18.1. The van der Waals surface area contributed by atoms with E-state index < -0.39 is 0 Å². The molecule has 0 radical (unpaired) electrons. The van der Waals surface area contributed by atoms with Crippen LogP contribution in [0.15, 0.2) is 33.8 Å². The molecule has 1 atom stereocenters. The summed E-state index contributed by atoms with van der Waals surface area (Å²) in [5.74, 6) is 1.86. The zero-order valence-electron chi connectivity index (χ0n) is 15.2. The first-order valence-corrected chi connectivity index (χ1v) is 8.34. The summed E-state index contributed by atoms with van der Waals surface area (Å²) >= 11 is 0. The second-order valence-electron chi connectivity index (χ2n) is 5.42. The average Bonchev–Trinajstić information content (AvgIpc) is 3.01. The molecule has 1 unspecified atom stereocenters. The number of aryl methyl sites for hydroxylation is 1. The predicted molar refractivity (Wildman–Crippen MR) is 108 cm³/mol. The summed E-state index contributed by atoms with van der Waals surface area (Å²) in [5.41, 5.74) is 0. The van der Waals surface area contributed by atoms with Gasteiger partial charge >= 0.3 is 0 Å². The van der Waals surface area contributed by atoms with E-state index in [0.29, 0.717) is 30.0 Å². The molecule has 0 aliphatic carbocycles. The van der Waals surface area contributed by atoms with Gasteiger partial charge in [0.2, 0.25) is 5.89 Å². The highest BCUT2D eigenvalue weighted by Gasteiger charge is 2.10. The van der Waals surface area contributed by atoms with Crippen molar-refractivity contribution in [2.24, 2.45) is 4.99 Å². The van der Waals surface area contributed by atoms with Gasteiger partial charge in [-0.2, -0.15) is 4.98 Å². The van der Waals surface area contributed by atoms with Crippen molar-refractivity contribution in [2.75, 3.05) is 13.1 Å². The first kappa shape index (κ1) is 22.1. The van der Waals surface area contributed by atoms with Crippen molar-refractivity contribution >= 4 is 29.9 Å². The molecule has 1 heterocycles. The van der Waals surface area contributed by atoms with Crippen LogP contribution >= 0.6 is 24.0 Å². The SMILES string of the molecule is CCNC(=NCc1nc(C)no1)NCC(CC)Oc1cccc(F)c1.I. The predicted octanol–water partition coefficient (Wildman–Crippen LogP) is 3.05. The van der Waals surface area contributed by atoms with Gasteiger partial charge in [0.1, 0.15) is 24.2 Å². The third kappa shape index (κ3) is 7.54. The molecule has 26 heavy (non-hydrogen) atoms. The molecule has 0 bridgehead atoms. The van der Waals surface area contributed by atoms with Crippen molar-refractivity contribution in [2.45, 2.75) is 39.8 Å². The summed E-state index contributed by atoms with van der Waals surface area (Å²) in [6.07, 6.45) is 0.655. The summed E-state index contributed by atoms with van der Waals surface area (Å²) < 4.78 is 24.1. The molecular weight excluding hydrogens is 452 g/mol. The number of hydrogen-bond acceptors (Lipinski definition) is 5. The maximum absolute atomic E-state index is 13.3. The Balaban J connectivity index is 0.00000338. The Labute approximate surface area is 169 Å². The third-order valence-electron chi connectivity index (χ3n) is 3.34. The van der Waals surface area contributed by atoms with Crippen molar-refractivity contribution in [1.29, 1.82) is 0 Å². The van der Waals surface area contributed by atoms with Crippen LogP contribution in [0.4, 0.5) is 4.39 Å². The second kappa shape index (κ2) is 11.7. The smallest absolute Gasteiger partial charge is 0.248 e. The van der Waals surface area contributed by atoms with Gasteiger partial charge in [-0.15, -0.1) is 24.0 Å². The molecule has 9 heteroatoms. The fourth-order valence-corrected chi connectivity index (χ4v) is 2.11.